The fourth-order valence-electron chi connectivity index (χ4n) is 1.67. The lowest BCUT2D eigenvalue weighted by Gasteiger charge is -2.02. The molecule has 0 amide bonds. The predicted octanol–water partition coefficient (Wildman–Crippen LogP) is 2.82. The molecule has 0 aliphatic heterocycles. The summed E-state index contributed by atoms with van der Waals surface area (Å²) < 4.78 is 4.89. The van der Waals surface area contributed by atoms with E-state index in [1.54, 1.807) is 25.1 Å². The Hall–Kier alpha value is -2.16. The van der Waals surface area contributed by atoms with Crippen LogP contribution in [0.5, 0.6) is 0 Å². The summed E-state index contributed by atoms with van der Waals surface area (Å²) in [6, 6.07) is 10.4. The van der Waals surface area contributed by atoms with Gasteiger partial charge in [0.05, 0.1) is 0 Å². The minimum atomic E-state index is -0.365. The first-order valence-corrected chi connectivity index (χ1v) is 5.29. The number of Topliss-reactive ketones (excluding diaryl/α,β-unsaturated/α-hetero) is 1. The maximum Gasteiger partial charge on any atom is 0.336 e. The van der Waals surface area contributed by atoms with Gasteiger partial charge in [-0.3, -0.25) is 4.79 Å². The van der Waals surface area contributed by atoms with Crippen LogP contribution in [0.4, 0.5) is 0 Å². The molecule has 2 aromatic rings. The Balaban J connectivity index is 2.46. The molecule has 3 heteroatoms. The summed E-state index contributed by atoms with van der Waals surface area (Å²) >= 11 is 0. The van der Waals surface area contributed by atoms with Gasteiger partial charge in [-0.05, 0) is 31.0 Å². The highest BCUT2D eigenvalue weighted by Crippen LogP contribution is 2.19. The minimum absolute atomic E-state index is 0.0281. The van der Waals surface area contributed by atoms with Crippen LogP contribution in [-0.4, -0.2) is 5.78 Å². The van der Waals surface area contributed by atoms with Gasteiger partial charge in [-0.2, -0.15) is 0 Å². The molecule has 1 aromatic carbocycles. The minimum Gasteiger partial charge on any atom is -0.428 e. The van der Waals surface area contributed by atoms with Gasteiger partial charge in [0.15, 0.2) is 5.78 Å². The Morgan fingerprint density at radius 2 is 1.71 bits per heavy atom. The van der Waals surface area contributed by atoms with Crippen LogP contribution >= 0.6 is 0 Å². The Kier molecular flexibility index (Phi) is 2.91. The van der Waals surface area contributed by atoms with Crippen LogP contribution in [0, 0.1) is 6.92 Å². The van der Waals surface area contributed by atoms with Gasteiger partial charge in [-0.1, -0.05) is 24.3 Å². The van der Waals surface area contributed by atoms with E-state index >= 15 is 0 Å². The second-order valence-corrected chi connectivity index (χ2v) is 3.91. The molecule has 0 N–H and O–H groups in total. The smallest absolute Gasteiger partial charge is 0.336 e. The lowest BCUT2D eigenvalue weighted by atomic mass is 10.0. The topological polar surface area (TPSA) is 47.3 Å². The predicted molar refractivity (Wildman–Crippen MR) is 65.2 cm³/mol. The number of carbonyl (C=O) groups excluding carboxylic acids is 1. The van der Waals surface area contributed by atoms with E-state index in [-0.39, 0.29) is 11.4 Å². The molecule has 0 aliphatic rings. The number of benzene rings is 1. The standard InChI is InChI=1S/C14H12O3/c1-9-7-13(8-14(16)17-9)12-5-3-11(4-6-12)10(2)15/h3-8H,1-2H3. The van der Waals surface area contributed by atoms with Crippen LogP contribution in [-0.2, 0) is 0 Å². The van der Waals surface area contributed by atoms with E-state index in [0.717, 1.165) is 11.1 Å². The van der Waals surface area contributed by atoms with Crippen molar-refractivity contribution in [2.24, 2.45) is 0 Å². The number of ketones is 1. The summed E-state index contributed by atoms with van der Waals surface area (Å²) in [4.78, 5) is 22.4. The molecular weight excluding hydrogens is 216 g/mol. The van der Waals surface area contributed by atoms with Crippen molar-refractivity contribution in [3.05, 3.63) is 58.1 Å². The van der Waals surface area contributed by atoms with Gasteiger partial charge in [0.25, 0.3) is 0 Å². The Morgan fingerprint density at radius 1 is 1.06 bits per heavy atom. The van der Waals surface area contributed by atoms with Crippen molar-refractivity contribution in [3.63, 3.8) is 0 Å². The van der Waals surface area contributed by atoms with E-state index < -0.39 is 0 Å². The van der Waals surface area contributed by atoms with Crippen molar-refractivity contribution in [1.29, 1.82) is 0 Å². The molecule has 0 atom stereocenters. The van der Waals surface area contributed by atoms with E-state index in [0.29, 0.717) is 11.3 Å². The molecule has 1 aromatic heterocycles. The molecule has 0 saturated carbocycles. The van der Waals surface area contributed by atoms with Crippen LogP contribution < -0.4 is 5.63 Å². The monoisotopic (exact) mass is 228 g/mol. The average Bonchev–Trinajstić information content (AvgIpc) is 2.28. The summed E-state index contributed by atoms with van der Waals surface area (Å²) in [5.41, 5.74) is 1.99. The summed E-state index contributed by atoms with van der Waals surface area (Å²) in [6.07, 6.45) is 0. The first kappa shape index (κ1) is 11.3. The molecule has 0 aliphatic carbocycles. The van der Waals surface area contributed by atoms with Crippen LogP contribution in [0.2, 0.25) is 0 Å². The molecule has 2 rings (SSSR count). The third-order valence-corrected chi connectivity index (χ3v) is 2.52. The van der Waals surface area contributed by atoms with Crippen molar-refractivity contribution < 1.29 is 9.21 Å². The molecule has 0 radical (unpaired) electrons. The number of rotatable bonds is 2. The van der Waals surface area contributed by atoms with E-state index in [1.807, 2.05) is 12.1 Å². The summed E-state index contributed by atoms with van der Waals surface area (Å²) in [5, 5.41) is 0. The first-order valence-electron chi connectivity index (χ1n) is 5.29. The van der Waals surface area contributed by atoms with Crippen molar-refractivity contribution in [2.45, 2.75) is 13.8 Å². The van der Waals surface area contributed by atoms with Gasteiger partial charge in [0.1, 0.15) is 5.76 Å². The van der Waals surface area contributed by atoms with Gasteiger partial charge >= 0.3 is 5.63 Å². The summed E-state index contributed by atoms with van der Waals surface area (Å²) in [5.74, 6) is 0.600. The van der Waals surface area contributed by atoms with Gasteiger partial charge in [-0.25, -0.2) is 4.79 Å². The maximum absolute atomic E-state index is 11.2. The highest BCUT2D eigenvalue weighted by Gasteiger charge is 2.03. The Bertz CT molecular complexity index is 606. The third-order valence-electron chi connectivity index (χ3n) is 2.52. The Morgan fingerprint density at radius 3 is 2.24 bits per heavy atom. The largest absolute Gasteiger partial charge is 0.428 e. The van der Waals surface area contributed by atoms with Crippen LogP contribution in [0.15, 0.2) is 45.6 Å². The van der Waals surface area contributed by atoms with E-state index in [2.05, 4.69) is 0 Å². The van der Waals surface area contributed by atoms with Crippen LogP contribution in [0.1, 0.15) is 23.0 Å². The molecule has 3 nitrogen and oxygen atoms in total. The third kappa shape index (κ3) is 2.50. The highest BCUT2D eigenvalue weighted by molar-refractivity contribution is 5.94. The molecule has 0 bridgehead atoms. The average molecular weight is 228 g/mol. The van der Waals surface area contributed by atoms with Gasteiger partial charge in [0.2, 0.25) is 0 Å². The van der Waals surface area contributed by atoms with Crippen molar-refractivity contribution in [2.75, 3.05) is 0 Å². The SMILES string of the molecule is CC(=O)c1ccc(-c2cc(C)oc(=O)c2)cc1. The first-order chi connectivity index (χ1) is 8.06. The fourth-order valence-corrected chi connectivity index (χ4v) is 1.67. The van der Waals surface area contributed by atoms with Crippen LogP contribution in [0.25, 0.3) is 11.1 Å². The quantitative estimate of drug-likeness (QED) is 0.742. The second-order valence-electron chi connectivity index (χ2n) is 3.91. The van der Waals surface area contributed by atoms with Crippen molar-refractivity contribution >= 4 is 5.78 Å². The van der Waals surface area contributed by atoms with Gasteiger partial charge in [0, 0.05) is 11.6 Å². The molecule has 0 spiro atoms. The lowest BCUT2D eigenvalue weighted by Crippen LogP contribution is -1.98. The van der Waals surface area contributed by atoms with E-state index in [9.17, 15) is 9.59 Å². The van der Waals surface area contributed by atoms with Gasteiger partial charge < -0.3 is 4.42 Å². The zero-order chi connectivity index (χ0) is 12.4. The molecule has 0 fully saturated rings. The fraction of sp³-hybridized carbons (Fsp3) is 0.143. The maximum atomic E-state index is 11.2. The number of hydrogen-bond acceptors (Lipinski definition) is 3. The summed E-state index contributed by atoms with van der Waals surface area (Å²) in [6.45, 7) is 3.26. The number of carbonyl (C=O) groups is 1. The number of aryl methyl sites for hydroxylation is 1. The van der Waals surface area contributed by atoms with Crippen molar-refractivity contribution in [3.8, 4) is 11.1 Å². The summed E-state index contributed by atoms with van der Waals surface area (Å²) in [7, 11) is 0. The molecule has 17 heavy (non-hydrogen) atoms. The zero-order valence-electron chi connectivity index (χ0n) is 9.69. The van der Waals surface area contributed by atoms with Crippen molar-refractivity contribution in [1.82, 2.24) is 0 Å². The molecule has 1 heterocycles. The lowest BCUT2D eigenvalue weighted by molar-refractivity contribution is 0.101. The molecule has 0 saturated heterocycles. The second kappa shape index (κ2) is 4.37. The number of hydrogen-bond donors (Lipinski definition) is 0. The van der Waals surface area contributed by atoms with E-state index in [4.69, 9.17) is 4.42 Å². The normalized spacial score (nSPS) is 10.2. The van der Waals surface area contributed by atoms with E-state index in [1.165, 1.54) is 13.0 Å². The van der Waals surface area contributed by atoms with Crippen LogP contribution in [0.3, 0.4) is 0 Å². The molecular formula is C14H12O3. The molecule has 0 unspecified atom stereocenters. The zero-order valence-corrected chi connectivity index (χ0v) is 9.69. The highest BCUT2D eigenvalue weighted by atomic mass is 16.4. The Labute approximate surface area is 98.7 Å². The molecule has 86 valence electrons. The van der Waals surface area contributed by atoms with Gasteiger partial charge in [-0.15, -0.1) is 0 Å².